The van der Waals surface area contributed by atoms with Crippen LogP contribution in [0.1, 0.15) is 19.3 Å². The zero-order valence-electron chi connectivity index (χ0n) is 11.1. The molecule has 1 aromatic rings. The molecule has 1 fully saturated rings. The van der Waals surface area contributed by atoms with Gasteiger partial charge < -0.3 is 5.32 Å². The van der Waals surface area contributed by atoms with Gasteiger partial charge in [0, 0.05) is 17.2 Å². The van der Waals surface area contributed by atoms with E-state index in [9.17, 15) is 12.6 Å². The van der Waals surface area contributed by atoms with E-state index in [2.05, 4.69) is 5.32 Å². The van der Waals surface area contributed by atoms with E-state index in [-0.39, 0.29) is 16.2 Å². The Kier molecular flexibility index (Phi) is 4.43. The van der Waals surface area contributed by atoms with Crippen molar-refractivity contribution < 1.29 is 12.6 Å². The van der Waals surface area contributed by atoms with Gasteiger partial charge in [0.05, 0.1) is 20.9 Å². The van der Waals surface area contributed by atoms with Gasteiger partial charge in [0.1, 0.15) is 0 Å². The first-order chi connectivity index (χ1) is 8.93. The van der Waals surface area contributed by atoms with Gasteiger partial charge in [-0.2, -0.15) is 0 Å². The van der Waals surface area contributed by atoms with Crippen LogP contribution in [0.5, 0.6) is 0 Å². The van der Waals surface area contributed by atoms with Gasteiger partial charge in [-0.15, -0.1) is 0 Å². The van der Waals surface area contributed by atoms with E-state index < -0.39 is 20.6 Å². The summed E-state index contributed by atoms with van der Waals surface area (Å²) in [5, 5.41) is 3.33. The molecule has 0 amide bonds. The van der Waals surface area contributed by atoms with Crippen molar-refractivity contribution in [2.24, 2.45) is 0 Å². The van der Waals surface area contributed by atoms with E-state index >= 15 is 0 Å². The monoisotopic (exact) mass is 301 g/mol. The largest absolute Gasteiger partial charge is 0.316 e. The molecule has 6 heteroatoms. The minimum absolute atomic E-state index is 0.120. The first kappa shape index (κ1) is 14.7. The standard InChI is InChI=1S/C13H19NO3S2/c1-14-12-4-3-5-13(12)18(15)10-6-8-11(9-7-10)19(2,16)17/h6-9,12-14H,3-5H2,1-2H3. The minimum atomic E-state index is -3.19. The lowest BCUT2D eigenvalue weighted by molar-refractivity contribution is 0.576. The minimum Gasteiger partial charge on any atom is -0.316 e. The molecule has 106 valence electrons. The van der Waals surface area contributed by atoms with Crippen LogP contribution >= 0.6 is 0 Å². The van der Waals surface area contributed by atoms with E-state index in [0.29, 0.717) is 4.90 Å². The molecule has 3 atom stereocenters. The molecular formula is C13H19NO3S2. The van der Waals surface area contributed by atoms with Crippen molar-refractivity contribution in [3.05, 3.63) is 24.3 Å². The van der Waals surface area contributed by atoms with Crippen LogP contribution in [0.2, 0.25) is 0 Å². The third-order valence-electron chi connectivity index (χ3n) is 3.58. The molecule has 19 heavy (non-hydrogen) atoms. The Labute approximate surface area is 117 Å². The number of sulfone groups is 1. The molecule has 1 saturated carbocycles. The molecule has 3 unspecified atom stereocenters. The van der Waals surface area contributed by atoms with Gasteiger partial charge in [0.2, 0.25) is 0 Å². The van der Waals surface area contributed by atoms with Crippen molar-refractivity contribution in [1.29, 1.82) is 0 Å². The summed E-state index contributed by atoms with van der Waals surface area (Å²) >= 11 is 0. The first-order valence-corrected chi connectivity index (χ1v) is 9.42. The van der Waals surface area contributed by atoms with E-state index in [1.54, 1.807) is 12.1 Å². The van der Waals surface area contributed by atoms with E-state index in [0.717, 1.165) is 19.3 Å². The number of rotatable bonds is 4. The first-order valence-electron chi connectivity index (χ1n) is 6.31. The van der Waals surface area contributed by atoms with Crippen molar-refractivity contribution in [3.63, 3.8) is 0 Å². The Morgan fingerprint density at radius 3 is 2.37 bits per heavy atom. The molecule has 0 radical (unpaired) electrons. The van der Waals surface area contributed by atoms with Crippen molar-refractivity contribution in [2.45, 2.75) is 40.3 Å². The predicted molar refractivity (Wildman–Crippen MR) is 76.4 cm³/mol. The van der Waals surface area contributed by atoms with Gasteiger partial charge >= 0.3 is 0 Å². The fourth-order valence-corrected chi connectivity index (χ4v) is 4.84. The molecule has 0 aliphatic heterocycles. The van der Waals surface area contributed by atoms with Gasteiger partial charge in [-0.25, -0.2) is 8.42 Å². The third kappa shape index (κ3) is 3.24. The van der Waals surface area contributed by atoms with E-state index in [1.807, 2.05) is 7.05 Å². The lowest BCUT2D eigenvalue weighted by Crippen LogP contribution is -2.35. The summed E-state index contributed by atoms with van der Waals surface area (Å²) in [6, 6.07) is 6.68. The van der Waals surface area contributed by atoms with Gasteiger partial charge in [0.25, 0.3) is 0 Å². The molecule has 1 aliphatic carbocycles. The summed E-state index contributed by atoms with van der Waals surface area (Å²) in [5.41, 5.74) is 0. The summed E-state index contributed by atoms with van der Waals surface area (Å²) in [7, 11) is -2.38. The van der Waals surface area contributed by atoms with E-state index in [1.165, 1.54) is 18.4 Å². The number of hydrogen-bond donors (Lipinski definition) is 1. The lowest BCUT2D eigenvalue weighted by Gasteiger charge is -2.18. The summed E-state index contributed by atoms with van der Waals surface area (Å²) in [6.07, 6.45) is 4.26. The fraction of sp³-hybridized carbons (Fsp3) is 0.538. The van der Waals surface area contributed by atoms with Gasteiger partial charge in [0.15, 0.2) is 9.84 Å². The van der Waals surface area contributed by atoms with Crippen molar-refractivity contribution >= 4 is 20.6 Å². The maximum absolute atomic E-state index is 12.5. The highest BCUT2D eigenvalue weighted by Crippen LogP contribution is 2.27. The SMILES string of the molecule is CNC1CCCC1S(=O)c1ccc(S(C)(=O)=O)cc1. The molecule has 2 rings (SSSR count). The highest BCUT2D eigenvalue weighted by molar-refractivity contribution is 7.90. The summed E-state index contributed by atoms with van der Waals surface area (Å²) < 4.78 is 35.3. The number of benzene rings is 1. The Balaban J connectivity index is 2.21. The lowest BCUT2D eigenvalue weighted by atomic mass is 10.2. The molecular weight excluding hydrogens is 282 g/mol. The van der Waals surface area contributed by atoms with Crippen LogP contribution in [0.15, 0.2) is 34.1 Å². The van der Waals surface area contributed by atoms with Crippen LogP contribution < -0.4 is 5.32 Å². The van der Waals surface area contributed by atoms with Crippen LogP contribution in [0.25, 0.3) is 0 Å². The second-order valence-corrected chi connectivity index (χ2v) is 8.59. The quantitative estimate of drug-likeness (QED) is 0.911. The molecule has 1 N–H and O–H groups in total. The molecule has 0 heterocycles. The topological polar surface area (TPSA) is 63.2 Å². The summed E-state index contributed by atoms with van der Waals surface area (Å²) in [5.74, 6) is 0. The van der Waals surface area contributed by atoms with Crippen LogP contribution in [-0.4, -0.2) is 37.2 Å². The molecule has 1 aliphatic rings. The Bertz CT molecular complexity index is 566. The summed E-state index contributed by atoms with van der Waals surface area (Å²) in [4.78, 5) is 0.976. The average Bonchev–Trinajstić information content (AvgIpc) is 2.85. The highest BCUT2D eigenvalue weighted by atomic mass is 32.2. The van der Waals surface area contributed by atoms with Gasteiger partial charge in [-0.3, -0.25) is 4.21 Å². The Morgan fingerprint density at radius 1 is 1.21 bits per heavy atom. The maximum atomic E-state index is 12.5. The van der Waals surface area contributed by atoms with E-state index in [4.69, 9.17) is 0 Å². The second-order valence-electron chi connectivity index (χ2n) is 4.91. The molecule has 0 spiro atoms. The number of hydrogen-bond acceptors (Lipinski definition) is 4. The Morgan fingerprint density at radius 2 is 1.84 bits per heavy atom. The van der Waals surface area contributed by atoms with Gasteiger partial charge in [-0.1, -0.05) is 6.42 Å². The van der Waals surface area contributed by atoms with Crippen LogP contribution in [-0.2, 0) is 20.6 Å². The van der Waals surface area contributed by atoms with Crippen molar-refractivity contribution in [2.75, 3.05) is 13.3 Å². The molecule has 0 saturated heterocycles. The average molecular weight is 301 g/mol. The zero-order chi connectivity index (χ0) is 14.0. The zero-order valence-corrected chi connectivity index (χ0v) is 12.8. The van der Waals surface area contributed by atoms with Crippen molar-refractivity contribution in [3.8, 4) is 0 Å². The smallest absolute Gasteiger partial charge is 0.175 e. The molecule has 0 aromatic heterocycles. The predicted octanol–water partition coefficient (Wildman–Crippen LogP) is 1.34. The molecule has 0 bridgehead atoms. The van der Waals surface area contributed by atoms with Crippen molar-refractivity contribution in [1.82, 2.24) is 5.32 Å². The maximum Gasteiger partial charge on any atom is 0.175 e. The van der Waals surface area contributed by atoms with Crippen LogP contribution in [0, 0.1) is 0 Å². The van der Waals surface area contributed by atoms with Gasteiger partial charge in [-0.05, 0) is 44.2 Å². The normalized spacial score (nSPS) is 25.4. The van der Waals surface area contributed by atoms with Crippen LogP contribution in [0.3, 0.4) is 0 Å². The molecule has 1 aromatic carbocycles. The second kappa shape index (κ2) is 5.73. The molecule has 4 nitrogen and oxygen atoms in total. The van der Waals surface area contributed by atoms with Crippen LogP contribution in [0.4, 0.5) is 0 Å². The summed E-state index contributed by atoms with van der Waals surface area (Å²) in [6.45, 7) is 0. The number of nitrogens with one attached hydrogen (secondary N) is 1. The third-order valence-corrected chi connectivity index (χ3v) is 6.56. The fourth-order valence-electron chi connectivity index (χ4n) is 2.51. The Hall–Kier alpha value is -0.720. The highest BCUT2D eigenvalue weighted by Gasteiger charge is 2.31.